The molecule has 2 aliphatic rings. The molecule has 2 amide bonds. The van der Waals surface area contributed by atoms with Crippen molar-refractivity contribution in [3.05, 3.63) is 47.5 Å². The molecule has 0 radical (unpaired) electrons. The van der Waals surface area contributed by atoms with Crippen molar-refractivity contribution in [2.75, 3.05) is 4.90 Å². The van der Waals surface area contributed by atoms with E-state index in [1.807, 2.05) is 26.8 Å². The van der Waals surface area contributed by atoms with Gasteiger partial charge in [0.05, 0.1) is 12.2 Å². The molecule has 0 bridgehead atoms. The molecule has 1 N–H and O–H groups in total. The number of amides is 2. The Kier molecular flexibility index (Phi) is 5.86. The van der Waals surface area contributed by atoms with Crippen molar-refractivity contribution in [2.45, 2.75) is 89.8 Å². The third-order valence-corrected chi connectivity index (χ3v) is 6.69. The number of hydrogen-bond acceptors (Lipinski definition) is 3. The normalized spacial score (nSPS) is 22.4. The van der Waals surface area contributed by atoms with Gasteiger partial charge in [-0.05, 0) is 50.1 Å². The molecule has 172 valence electrons. The maximum absolute atomic E-state index is 13.7. The Bertz CT molecular complexity index is 1000. The lowest BCUT2D eigenvalue weighted by molar-refractivity contribution is -0.127. The van der Waals surface area contributed by atoms with Crippen LogP contribution in [0.2, 0.25) is 0 Å². The van der Waals surface area contributed by atoms with Crippen molar-refractivity contribution in [1.82, 2.24) is 15.1 Å². The fourth-order valence-corrected chi connectivity index (χ4v) is 4.71. The molecule has 2 heterocycles. The zero-order chi connectivity index (χ0) is 23.1. The van der Waals surface area contributed by atoms with Crippen LogP contribution >= 0.6 is 0 Å². The SMILES string of the molecule is CC(C)(C)c1cc2n(n1)C[C@](C)(C(=O)NC1CCCCCC1)N(c1ccc(F)cc1)C2=O. The maximum Gasteiger partial charge on any atom is 0.277 e. The molecule has 1 atom stereocenters. The molecule has 1 aromatic heterocycles. The highest BCUT2D eigenvalue weighted by molar-refractivity contribution is 6.11. The van der Waals surface area contributed by atoms with Gasteiger partial charge in [0, 0.05) is 17.1 Å². The van der Waals surface area contributed by atoms with E-state index in [4.69, 9.17) is 0 Å². The molecule has 1 aliphatic heterocycles. The van der Waals surface area contributed by atoms with Gasteiger partial charge in [0.1, 0.15) is 17.1 Å². The van der Waals surface area contributed by atoms with E-state index in [1.165, 1.54) is 29.9 Å². The van der Waals surface area contributed by atoms with Gasteiger partial charge in [0.15, 0.2) is 0 Å². The van der Waals surface area contributed by atoms with Crippen molar-refractivity contribution >= 4 is 17.5 Å². The summed E-state index contributed by atoms with van der Waals surface area (Å²) in [6.45, 7) is 8.15. The Balaban J connectivity index is 1.74. The van der Waals surface area contributed by atoms with E-state index in [0.29, 0.717) is 11.4 Å². The lowest BCUT2D eigenvalue weighted by Crippen LogP contribution is -2.65. The van der Waals surface area contributed by atoms with Crippen molar-refractivity contribution in [1.29, 1.82) is 0 Å². The quantitative estimate of drug-likeness (QED) is 0.711. The van der Waals surface area contributed by atoms with Gasteiger partial charge in [-0.25, -0.2) is 4.39 Å². The number of nitrogens with zero attached hydrogens (tertiary/aromatic N) is 3. The van der Waals surface area contributed by atoms with Crippen LogP contribution in [0, 0.1) is 5.82 Å². The summed E-state index contributed by atoms with van der Waals surface area (Å²) in [4.78, 5) is 28.9. The number of carbonyl (C=O) groups is 2. The average molecular weight is 441 g/mol. The Morgan fingerprint density at radius 2 is 1.75 bits per heavy atom. The van der Waals surface area contributed by atoms with Crippen LogP contribution in [0.15, 0.2) is 30.3 Å². The molecule has 4 rings (SSSR count). The van der Waals surface area contributed by atoms with Crippen LogP contribution in [0.4, 0.5) is 10.1 Å². The number of fused-ring (bicyclic) bond motifs is 1. The molecular formula is C25H33FN4O2. The van der Waals surface area contributed by atoms with E-state index in [2.05, 4.69) is 10.4 Å². The highest BCUT2D eigenvalue weighted by atomic mass is 19.1. The summed E-state index contributed by atoms with van der Waals surface area (Å²) in [6, 6.07) is 7.66. The van der Waals surface area contributed by atoms with Crippen molar-refractivity contribution < 1.29 is 14.0 Å². The van der Waals surface area contributed by atoms with Gasteiger partial charge < -0.3 is 5.32 Å². The summed E-state index contributed by atoms with van der Waals surface area (Å²) < 4.78 is 15.3. The standard InChI is InChI=1S/C25H33FN4O2/c1-24(2,3)21-15-20-22(31)30(19-13-11-17(26)12-14-19)25(4,16-29(20)28-21)23(32)27-18-9-7-5-6-8-10-18/h11-15,18H,5-10,16H2,1-4H3,(H,27,32)/t25-/m1/s1. The topological polar surface area (TPSA) is 67.2 Å². The minimum Gasteiger partial charge on any atom is -0.351 e. The summed E-state index contributed by atoms with van der Waals surface area (Å²) in [5, 5.41) is 7.90. The Labute approximate surface area is 189 Å². The molecule has 0 saturated heterocycles. The lowest BCUT2D eigenvalue weighted by Gasteiger charge is -2.43. The molecule has 1 aliphatic carbocycles. The second kappa shape index (κ2) is 8.34. The van der Waals surface area contributed by atoms with Gasteiger partial charge in [-0.2, -0.15) is 5.10 Å². The summed E-state index contributed by atoms with van der Waals surface area (Å²) >= 11 is 0. The lowest BCUT2D eigenvalue weighted by atomic mass is 9.91. The molecule has 0 unspecified atom stereocenters. The molecular weight excluding hydrogens is 407 g/mol. The van der Waals surface area contributed by atoms with Crippen LogP contribution in [0.25, 0.3) is 0 Å². The van der Waals surface area contributed by atoms with Gasteiger partial charge in [-0.1, -0.05) is 46.5 Å². The van der Waals surface area contributed by atoms with Gasteiger partial charge in [-0.15, -0.1) is 0 Å². The highest BCUT2D eigenvalue weighted by Gasteiger charge is 2.49. The zero-order valence-electron chi connectivity index (χ0n) is 19.4. The van der Waals surface area contributed by atoms with Crippen LogP contribution in [0.1, 0.15) is 82.4 Å². The van der Waals surface area contributed by atoms with Crippen LogP contribution in [0.3, 0.4) is 0 Å². The first-order valence-electron chi connectivity index (χ1n) is 11.6. The van der Waals surface area contributed by atoms with Gasteiger partial charge in [-0.3, -0.25) is 19.2 Å². The summed E-state index contributed by atoms with van der Waals surface area (Å²) in [5.74, 6) is -0.882. The smallest absolute Gasteiger partial charge is 0.277 e. The van der Waals surface area contributed by atoms with E-state index in [0.717, 1.165) is 31.4 Å². The third kappa shape index (κ3) is 4.17. The first kappa shape index (κ1) is 22.5. The molecule has 1 saturated carbocycles. The molecule has 2 aromatic rings. The summed E-state index contributed by atoms with van der Waals surface area (Å²) in [5.41, 5.74) is 0.326. The van der Waals surface area contributed by atoms with Gasteiger partial charge in [0.25, 0.3) is 5.91 Å². The molecule has 32 heavy (non-hydrogen) atoms. The number of anilines is 1. The molecule has 7 heteroatoms. The third-order valence-electron chi connectivity index (χ3n) is 6.69. The molecule has 1 aromatic carbocycles. The van der Waals surface area contributed by atoms with E-state index in [-0.39, 0.29) is 35.6 Å². The Morgan fingerprint density at radius 1 is 1.12 bits per heavy atom. The van der Waals surface area contributed by atoms with Crippen molar-refractivity contribution in [2.24, 2.45) is 0 Å². The van der Waals surface area contributed by atoms with Crippen LogP contribution < -0.4 is 10.2 Å². The molecule has 1 fully saturated rings. The second-order valence-electron chi connectivity index (χ2n) is 10.4. The zero-order valence-corrected chi connectivity index (χ0v) is 19.4. The van der Waals surface area contributed by atoms with Gasteiger partial charge in [0.2, 0.25) is 5.91 Å². The van der Waals surface area contributed by atoms with Gasteiger partial charge >= 0.3 is 0 Å². The first-order valence-corrected chi connectivity index (χ1v) is 11.6. The van der Waals surface area contributed by atoms with Crippen molar-refractivity contribution in [3.63, 3.8) is 0 Å². The minimum atomic E-state index is -1.19. The number of carbonyl (C=O) groups excluding carboxylic acids is 2. The minimum absolute atomic E-state index is 0.108. The second-order valence-corrected chi connectivity index (χ2v) is 10.4. The number of nitrogens with one attached hydrogen (secondary N) is 1. The van der Waals surface area contributed by atoms with E-state index < -0.39 is 5.54 Å². The van der Waals surface area contributed by atoms with E-state index in [1.54, 1.807) is 23.7 Å². The number of hydrogen-bond donors (Lipinski definition) is 1. The van der Waals surface area contributed by atoms with Crippen LogP contribution in [0.5, 0.6) is 0 Å². The van der Waals surface area contributed by atoms with E-state index in [9.17, 15) is 14.0 Å². The van der Waals surface area contributed by atoms with Crippen molar-refractivity contribution in [3.8, 4) is 0 Å². The largest absolute Gasteiger partial charge is 0.351 e. The fourth-order valence-electron chi connectivity index (χ4n) is 4.71. The fraction of sp³-hybridized carbons (Fsp3) is 0.560. The Hall–Kier alpha value is -2.70. The van der Waals surface area contributed by atoms with E-state index >= 15 is 0 Å². The summed E-state index contributed by atoms with van der Waals surface area (Å²) in [7, 11) is 0. The highest BCUT2D eigenvalue weighted by Crippen LogP contribution is 2.35. The monoisotopic (exact) mass is 440 g/mol. The maximum atomic E-state index is 13.7. The average Bonchev–Trinajstić information content (AvgIpc) is 3.00. The Morgan fingerprint density at radius 3 is 2.34 bits per heavy atom. The summed E-state index contributed by atoms with van der Waals surface area (Å²) in [6.07, 6.45) is 6.48. The number of rotatable bonds is 3. The predicted molar refractivity (Wildman–Crippen MR) is 122 cm³/mol. The first-order chi connectivity index (χ1) is 15.1. The number of benzene rings is 1. The van der Waals surface area contributed by atoms with Crippen LogP contribution in [-0.4, -0.2) is 33.2 Å². The number of halogens is 1. The predicted octanol–water partition coefficient (Wildman–Crippen LogP) is 4.58. The number of aromatic nitrogens is 2. The molecule has 0 spiro atoms. The van der Waals surface area contributed by atoms with Crippen LogP contribution in [-0.2, 0) is 16.8 Å². The molecule has 6 nitrogen and oxygen atoms in total.